The topological polar surface area (TPSA) is 78.1 Å². The minimum absolute atomic E-state index is 0.121. The zero-order valence-corrected chi connectivity index (χ0v) is 7.91. The van der Waals surface area contributed by atoms with Crippen LogP contribution in [-0.4, -0.2) is 22.5 Å². The molecule has 82 valence electrons. The van der Waals surface area contributed by atoms with Gasteiger partial charge in [0, 0.05) is 12.4 Å². The van der Waals surface area contributed by atoms with Crippen LogP contribution >= 0.6 is 0 Å². The standard InChI is InChI=1S/C8H9F2N3O2/c1-2-15-6(14)8(9,10)5-3-12-7(11)13-4-5/h3-4H,2H2,1H3,(H2,11,12,13). The van der Waals surface area contributed by atoms with E-state index in [1.54, 1.807) is 0 Å². The van der Waals surface area contributed by atoms with Crippen molar-refractivity contribution in [2.24, 2.45) is 0 Å². The number of anilines is 1. The number of hydrogen-bond acceptors (Lipinski definition) is 5. The van der Waals surface area contributed by atoms with Crippen LogP contribution in [0.15, 0.2) is 12.4 Å². The van der Waals surface area contributed by atoms with Crippen molar-refractivity contribution >= 4 is 11.9 Å². The van der Waals surface area contributed by atoms with Crippen LogP contribution in [0.25, 0.3) is 0 Å². The molecule has 0 aliphatic heterocycles. The van der Waals surface area contributed by atoms with Crippen molar-refractivity contribution in [3.8, 4) is 0 Å². The summed E-state index contributed by atoms with van der Waals surface area (Å²) >= 11 is 0. The van der Waals surface area contributed by atoms with Gasteiger partial charge in [0.15, 0.2) is 0 Å². The molecule has 7 heteroatoms. The Labute approximate surface area is 84.3 Å². The average Bonchev–Trinajstić information content (AvgIpc) is 2.18. The molecule has 1 heterocycles. The van der Waals surface area contributed by atoms with E-state index < -0.39 is 17.5 Å². The molecule has 1 aromatic rings. The third-order valence-electron chi connectivity index (χ3n) is 1.57. The summed E-state index contributed by atoms with van der Waals surface area (Å²) < 4.78 is 30.8. The maximum Gasteiger partial charge on any atom is 0.382 e. The Morgan fingerprint density at radius 2 is 2.07 bits per heavy atom. The van der Waals surface area contributed by atoms with Crippen LogP contribution in [0, 0.1) is 0 Å². The first-order chi connectivity index (χ1) is 6.98. The molecule has 5 nitrogen and oxygen atoms in total. The van der Waals surface area contributed by atoms with Gasteiger partial charge >= 0.3 is 11.9 Å². The van der Waals surface area contributed by atoms with Gasteiger partial charge in [-0.3, -0.25) is 0 Å². The molecule has 0 saturated heterocycles. The van der Waals surface area contributed by atoms with E-state index in [4.69, 9.17) is 5.73 Å². The van der Waals surface area contributed by atoms with E-state index in [0.29, 0.717) is 0 Å². The van der Waals surface area contributed by atoms with Gasteiger partial charge in [0.25, 0.3) is 0 Å². The number of rotatable bonds is 3. The number of nitrogens with two attached hydrogens (primary N) is 1. The lowest BCUT2D eigenvalue weighted by Gasteiger charge is -2.13. The fraction of sp³-hybridized carbons (Fsp3) is 0.375. The highest BCUT2D eigenvalue weighted by molar-refractivity contribution is 5.79. The molecule has 0 unspecified atom stereocenters. The number of nitrogen functional groups attached to an aromatic ring is 1. The number of hydrogen-bond donors (Lipinski definition) is 1. The number of carbonyl (C=O) groups is 1. The predicted octanol–water partition coefficient (Wildman–Crippen LogP) is 0.714. The molecule has 0 saturated carbocycles. The van der Waals surface area contributed by atoms with Crippen molar-refractivity contribution in [1.29, 1.82) is 0 Å². The molecule has 15 heavy (non-hydrogen) atoms. The number of aromatic nitrogens is 2. The van der Waals surface area contributed by atoms with Crippen LogP contribution in [-0.2, 0) is 15.5 Å². The van der Waals surface area contributed by atoms with Crippen LogP contribution in [0.5, 0.6) is 0 Å². The molecule has 0 radical (unpaired) electrons. The molecule has 1 aromatic heterocycles. The number of ether oxygens (including phenoxy) is 1. The first-order valence-electron chi connectivity index (χ1n) is 4.11. The predicted molar refractivity (Wildman–Crippen MR) is 47.0 cm³/mol. The minimum Gasteiger partial charge on any atom is -0.461 e. The Morgan fingerprint density at radius 3 is 2.53 bits per heavy atom. The van der Waals surface area contributed by atoms with E-state index in [1.165, 1.54) is 6.92 Å². The van der Waals surface area contributed by atoms with Crippen molar-refractivity contribution in [2.45, 2.75) is 12.8 Å². The van der Waals surface area contributed by atoms with Crippen LogP contribution in [0.2, 0.25) is 0 Å². The van der Waals surface area contributed by atoms with E-state index in [2.05, 4.69) is 14.7 Å². The summed E-state index contributed by atoms with van der Waals surface area (Å²) in [6.45, 7) is 1.32. The van der Waals surface area contributed by atoms with E-state index in [0.717, 1.165) is 12.4 Å². The SMILES string of the molecule is CCOC(=O)C(F)(F)c1cnc(N)nc1. The molecular weight excluding hydrogens is 208 g/mol. The molecule has 0 atom stereocenters. The third kappa shape index (κ3) is 2.36. The number of alkyl halides is 2. The van der Waals surface area contributed by atoms with Crippen LogP contribution in [0.1, 0.15) is 12.5 Å². The molecule has 0 bridgehead atoms. The number of nitrogens with zero attached hydrogens (tertiary/aromatic N) is 2. The monoisotopic (exact) mass is 217 g/mol. The summed E-state index contributed by atoms with van der Waals surface area (Å²) in [5.41, 5.74) is 4.48. The van der Waals surface area contributed by atoms with Gasteiger partial charge in [-0.15, -0.1) is 0 Å². The Bertz CT molecular complexity index is 353. The van der Waals surface area contributed by atoms with Crippen LogP contribution in [0.4, 0.5) is 14.7 Å². The van der Waals surface area contributed by atoms with Gasteiger partial charge in [0.05, 0.1) is 12.2 Å². The molecular formula is C8H9F2N3O2. The number of halogens is 2. The fourth-order valence-electron chi connectivity index (χ4n) is 0.840. The molecule has 0 amide bonds. The second-order valence-electron chi connectivity index (χ2n) is 2.62. The number of carbonyl (C=O) groups excluding carboxylic acids is 1. The Hall–Kier alpha value is -1.79. The van der Waals surface area contributed by atoms with E-state index in [1.807, 2.05) is 0 Å². The molecule has 2 N–H and O–H groups in total. The van der Waals surface area contributed by atoms with Crippen molar-refractivity contribution in [2.75, 3.05) is 12.3 Å². The van der Waals surface area contributed by atoms with Crippen LogP contribution in [0.3, 0.4) is 0 Å². The largest absolute Gasteiger partial charge is 0.461 e. The Balaban J connectivity index is 2.94. The van der Waals surface area contributed by atoms with Gasteiger partial charge in [-0.25, -0.2) is 14.8 Å². The summed E-state index contributed by atoms with van der Waals surface area (Å²) in [5.74, 6) is -5.51. The summed E-state index contributed by atoms with van der Waals surface area (Å²) in [6, 6.07) is 0. The maximum atomic E-state index is 13.3. The lowest BCUT2D eigenvalue weighted by atomic mass is 10.2. The summed E-state index contributed by atoms with van der Waals surface area (Å²) in [7, 11) is 0. The molecule has 1 rings (SSSR count). The number of esters is 1. The molecule has 0 spiro atoms. The second-order valence-corrected chi connectivity index (χ2v) is 2.62. The van der Waals surface area contributed by atoms with Gasteiger partial charge in [0.1, 0.15) is 0 Å². The fourth-order valence-corrected chi connectivity index (χ4v) is 0.840. The first kappa shape index (κ1) is 11.3. The van der Waals surface area contributed by atoms with E-state index >= 15 is 0 Å². The molecule has 0 fully saturated rings. The van der Waals surface area contributed by atoms with Crippen molar-refractivity contribution in [1.82, 2.24) is 9.97 Å². The third-order valence-corrected chi connectivity index (χ3v) is 1.57. The summed E-state index contributed by atoms with van der Waals surface area (Å²) in [6.07, 6.45) is 1.58. The Morgan fingerprint density at radius 1 is 1.53 bits per heavy atom. The van der Waals surface area contributed by atoms with Gasteiger partial charge < -0.3 is 10.5 Å². The van der Waals surface area contributed by atoms with Gasteiger partial charge in [-0.1, -0.05) is 0 Å². The Kier molecular flexibility index (Phi) is 3.13. The summed E-state index contributed by atoms with van der Waals surface area (Å²) in [5, 5.41) is 0. The minimum atomic E-state index is -3.75. The maximum absolute atomic E-state index is 13.3. The normalized spacial score (nSPS) is 11.1. The second kappa shape index (κ2) is 4.16. The van der Waals surface area contributed by atoms with E-state index in [-0.39, 0.29) is 12.6 Å². The zero-order chi connectivity index (χ0) is 11.5. The zero-order valence-electron chi connectivity index (χ0n) is 7.91. The highest BCUT2D eigenvalue weighted by Gasteiger charge is 2.43. The lowest BCUT2D eigenvalue weighted by molar-refractivity contribution is -0.173. The van der Waals surface area contributed by atoms with Crippen molar-refractivity contribution < 1.29 is 18.3 Å². The average molecular weight is 217 g/mol. The quantitative estimate of drug-likeness (QED) is 0.754. The van der Waals surface area contributed by atoms with Crippen molar-refractivity contribution in [3.05, 3.63) is 18.0 Å². The van der Waals surface area contributed by atoms with Crippen molar-refractivity contribution in [3.63, 3.8) is 0 Å². The van der Waals surface area contributed by atoms with Crippen LogP contribution < -0.4 is 5.73 Å². The first-order valence-corrected chi connectivity index (χ1v) is 4.11. The smallest absolute Gasteiger partial charge is 0.382 e. The highest BCUT2D eigenvalue weighted by Crippen LogP contribution is 2.28. The van der Waals surface area contributed by atoms with Gasteiger partial charge in [-0.2, -0.15) is 8.78 Å². The molecule has 0 aliphatic rings. The molecule has 0 aromatic carbocycles. The summed E-state index contributed by atoms with van der Waals surface area (Å²) in [4.78, 5) is 17.6. The van der Waals surface area contributed by atoms with Gasteiger partial charge in [0.2, 0.25) is 5.95 Å². The molecule has 0 aliphatic carbocycles. The van der Waals surface area contributed by atoms with Gasteiger partial charge in [-0.05, 0) is 6.92 Å². The van der Waals surface area contributed by atoms with E-state index in [9.17, 15) is 13.6 Å². The highest BCUT2D eigenvalue weighted by atomic mass is 19.3. The lowest BCUT2D eigenvalue weighted by Crippen LogP contribution is -2.28.